The minimum atomic E-state index is -0.264. The van der Waals surface area contributed by atoms with Crippen molar-refractivity contribution >= 4 is 28.1 Å². The molecule has 0 aliphatic carbocycles. The van der Waals surface area contributed by atoms with E-state index >= 15 is 0 Å². The van der Waals surface area contributed by atoms with Gasteiger partial charge in [0.05, 0.1) is 0 Å². The standard InChI is InChI=1S/C14H6ClN5/c15-14-12-2-1-11(5-9(12)3-4-19-14)20-13(8-18)10(6-16)7-17/h1-5,20H. The molecule has 0 bridgehead atoms. The van der Waals surface area contributed by atoms with Crippen LogP contribution in [0.3, 0.4) is 0 Å². The summed E-state index contributed by atoms with van der Waals surface area (Å²) in [5.41, 5.74) is 0.231. The summed E-state index contributed by atoms with van der Waals surface area (Å²) in [6.45, 7) is 0. The molecule has 0 saturated heterocycles. The van der Waals surface area contributed by atoms with Crippen LogP contribution in [0.25, 0.3) is 10.8 Å². The molecule has 0 aliphatic heterocycles. The molecule has 0 radical (unpaired) electrons. The number of benzene rings is 1. The summed E-state index contributed by atoms with van der Waals surface area (Å²) in [5.74, 6) is 0. The van der Waals surface area contributed by atoms with Crippen LogP contribution in [-0.4, -0.2) is 4.98 Å². The quantitative estimate of drug-likeness (QED) is 0.673. The van der Waals surface area contributed by atoms with Gasteiger partial charge in [0.2, 0.25) is 0 Å². The predicted octanol–water partition coefficient (Wildman–Crippen LogP) is 3.12. The second-order valence-electron chi connectivity index (χ2n) is 3.75. The lowest BCUT2D eigenvalue weighted by Gasteiger charge is -2.06. The van der Waals surface area contributed by atoms with Crippen LogP contribution >= 0.6 is 11.6 Å². The molecule has 2 aromatic rings. The number of nitrogens with one attached hydrogen (secondary N) is 1. The second kappa shape index (κ2) is 5.71. The van der Waals surface area contributed by atoms with Crippen molar-refractivity contribution in [3.05, 3.63) is 46.9 Å². The maximum atomic E-state index is 8.97. The number of nitriles is 3. The fourth-order valence-corrected chi connectivity index (χ4v) is 1.87. The van der Waals surface area contributed by atoms with Crippen molar-refractivity contribution in [3.8, 4) is 18.2 Å². The summed E-state index contributed by atoms with van der Waals surface area (Å²) >= 11 is 5.96. The Morgan fingerprint density at radius 2 is 1.85 bits per heavy atom. The van der Waals surface area contributed by atoms with E-state index in [0.29, 0.717) is 10.8 Å². The SMILES string of the molecule is N#CC(C#N)=C(C#N)Nc1ccc2c(Cl)nccc2c1. The molecule has 94 valence electrons. The largest absolute Gasteiger partial charge is 0.345 e. The van der Waals surface area contributed by atoms with Gasteiger partial charge in [-0.05, 0) is 29.7 Å². The molecular formula is C14H6ClN5. The fourth-order valence-electron chi connectivity index (χ4n) is 1.65. The van der Waals surface area contributed by atoms with Gasteiger partial charge in [0.25, 0.3) is 0 Å². The lowest BCUT2D eigenvalue weighted by atomic mass is 10.1. The van der Waals surface area contributed by atoms with E-state index in [9.17, 15) is 0 Å². The Labute approximate surface area is 119 Å². The molecule has 1 aromatic heterocycles. The minimum Gasteiger partial charge on any atom is -0.345 e. The van der Waals surface area contributed by atoms with Gasteiger partial charge in [-0.15, -0.1) is 0 Å². The molecule has 20 heavy (non-hydrogen) atoms. The Morgan fingerprint density at radius 3 is 2.50 bits per heavy atom. The second-order valence-corrected chi connectivity index (χ2v) is 4.11. The van der Waals surface area contributed by atoms with Crippen LogP contribution in [0.1, 0.15) is 0 Å². The van der Waals surface area contributed by atoms with Crippen molar-refractivity contribution in [1.82, 2.24) is 4.98 Å². The number of hydrogen-bond acceptors (Lipinski definition) is 5. The molecule has 5 nitrogen and oxygen atoms in total. The van der Waals surface area contributed by atoms with Gasteiger partial charge in [-0.3, -0.25) is 0 Å². The first-order chi connectivity index (χ1) is 9.69. The Balaban J connectivity index is 2.47. The first-order valence-corrected chi connectivity index (χ1v) is 5.83. The molecule has 0 aliphatic rings. The van der Waals surface area contributed by atoms with Crippen molar-refractivity contribution < 1.29 is 0 Å². The Kier molecular flexibility index (Phi) is 3.82. The van der Waals surface area contributed by atoms with Crippen LogP contribution in [-0.2, 0) is 0 Å². The minimum absolute atomic E-state index is 0.0884. The number of fused-ring (bicyclic) bond motifs is 1. The van der Waals surface area contributed by atoms with Crippen LogP contribution in [0.2, 0.25) is 5.15 Å². The number of aromatic nitrogens is 1. The Bertz CT molecular complexity index is 817. The number of rotatable bonds is 2. The van der Waals surface area contributed by atoms with Gasteiger partial charge >= 0.3 is 0 Å². The molecule has 6 heteroatoms. The molecular weight excluding hydrogens is 274 g/mol. The maximum absolute atomic E-state index is 8.97. The Morgan fingerprint density at radius 1 is 1.10 bits per heavy atom. The molecule has 0 spiro atoms. The molecule has 0 saturated carbocycles. The summed E-state index contributed by atoms with van der Waals surface area (Å²) in [6, 6.07) is 12.1. The van der Waals surface area contributed by atoms with E-state index in [0.717, 1.165) is 10.8 Å². The topological polar surface area (TPSA) is 96.3 Å². The summed E-state index contributed by atoms with van der Waals surface area (Å²) in [6.07, 6.45) is 1.57. The van der Waals surface area contributed by atoms with Crippen LogP contribution < -0.4 is 5.32 Å². The van der Waals surface area contributed by atoms with Gasteiger partial charge in [-0.2, -0.15) is 15.8 Å². The molecule has 0 amide bonds. The summed E-state index contributed by atoms with van der Waals surface area (Å²) in [7, 11) is 0. The number of anilines is 1. The number of allylic oxidation sites excluding steroid dienone is 2. The zero-order chi connectivity index (χ0) is 14.5. The highest BCUT2D eigenvalue weighted by Crippen LogP contribution is 2.24. The third-order valence-electron chi connectivity index (χ3n) is 2.57. The van der Waals surface area contributed by atoms with Crippen LogP contribution in [0.15, 0.2) is 41.7 Å². The highest BCUT2D eigenvalue weighted by atomic mass is 35.5. The third-order valence-corrected chi connectivity index (χ3v) is 2.87. The summed E-state index contributed by atoms with van der Waals surface area (Å²) in [5, 5.41) is 31.3. The molecule has 1 heterocycles. The van der Waals surface area contributed by atoms with Crippen LogP contribution in [0.5, 0.6) is 0 Å². The van der Waals surface area contributed by atoms with Gasteiger partial charge in [0.15, 0.2) is 5.57 Å². The van der Waals surface area contributed by atoms with Gasteiger partial charge < -0.3 is 5.32 Å². The number of halogens is 1. The number of pyridine rings is 1. The average molecular weight is 280 g/mol. The first kappa shape index (κ1) is 13.4. The molecule has 0 fully saturated rings. The summed E-state index contributed by atoms with van der Waals surface area (Å²) in [4.78, 5) is 3.97. The van der Waals surface area contributed by atoms with Crippen molar-refractivity contribution in [2.24, 2.45) is 0 Å². The van der Waals surface area contributed by atoms with Gasteiger partial charge in [0.1, 0.15) is 29.1 Å². The van der Waals surface area contributed by atoms with E-state index in [4.69, 9.17) is 27.4 Å². The van der Waals surface area contributed by atoms with Gasteiger partial charge in [-0.25, -0.2) is 4.98 Å². The highest BCUT2D eigenvalue weighted by molar-refractivity contribution is 6.34. The zero-order valence-corrected chi connectivity index (χ0v) is 10.8. The normalized spacial score (nSPS) is 9.10. The van der Waals surface area contributed by atoms with Gasteiger partial charge in [-0.1, -0.05) is 11.6 Å². The number of nitrogens with zero attached hydrogens (tertiary/aromatic N) is 4. The first-order valence-electron chi connectivity index (χ1n) is 5.45. The van der Waals surface area contributed by atoms with E-state index in [1.807, 2.05) is 0 Å². The predicted molar refractivity (Wildman–Crippen MR) is 74.2 cm³/mol. The van der Waals surface area contributed by atoms with Crippen molar-refractivity contribution in [2.45, 2.75) is 0 Å². The van der Waals surface area contributed by atoms with E-state index < -0.39 is 0 Å². The molecule has 1 N–H and O–H groups in total. The van der Waals surface area contributed by atoms with Crippen molar-refractivity contribution in [1.29, 1.82) is 15.8 Å². The van der Waals surface area contributed by atoms with Crippen LogP contribution in [0, 0.1) is 34.0 Å². The third kappa shape index (κ3) is 2.52. The monoisotopic (exact) mass is 279 g/mol. The zero-order valence-electron chi connectivity index (χ0n) is 10.1. The van der Waals surface area contributed by atoms with Crippen LogP contribution in [0.4, 0.5) is 5.69 Å². The highest BCUT2D eigenvalue weighted by Gasteiger charge is 2.07. The lowest BCUT2D eigenvalue weighted by Crippen LogP contribution is -2.00. The van der Waals surface area contributed by atoms with Gasteiger partial charge in [0, 0.05) is 17.3 Å². The summed E-state index contributed by atoms with van der Waals surface area (Å²) < 4.78 is 0. The molecule has 1 aromatic carbocycles. The van der Waals surface area contributed by atoms with E-state index in [1.165, 1.54) is 0 Å². The van der Waals surface area contributed by atoms with E-state index in [2.05, 4.69) is 10.3 Å². The molecule has 0 unspecified atom stereocenters. The number of hydrogen-bond donors (Lipinski definition) is 1. The smallest absolute Gasteiger partial charge is 0.163 e. The Hall–Kier alpha value is -3.07. The van der Waals surface area contributed by atoms with Crippen molar-refractivity contribution in [3.63, 3.8) is 0 Å². The fraction of sp³-hybridized carbons (Fsp3) is 0. The average Bonchev–Trinajstić information content (AvgIpc) is 2.47. The van der Waals surface area contributed by atoms with Crippen molar-refractivity contribution in [2.75, 3.05) is 5.32 Å². The molecule has 2 rings (SSSR count). The molecule has 0 atom stereocenters. The lowest BCUT2D eigenvalue weighted by molar-refractivity contribution is 1.36. The maximum Gasteiger partial charge on any atom is 0.163 e. The van der Waals surface area contributed by atoms with E-state index in [-0.39, 0.29) is 11.3 Å². The van der Waals surface area contributed by atoms with E-state index in [1.54, 1.807) is 48.7 Å².